The molecule has 2 amide bonds. The van der Waals surface area contributed by atoms with Crippen LogP contribution in [0.5, 0.6) is 0 Å². The molecule has 0 heterocycles. The number of hydrogen-bond donors (Lipinski definition) is 1. The zero-order valence-corrected chi connectivity index (χ0v) is 10.2. The third kappa shape index (κ3) is 3.53. The summed E-state index contributed by atoms with van der Waals surface area (Å²) in [5.41, 5.74) is 1.86. The second-order valence-corrected chi connectivity index (χ2v) is 3.50. The van der Waals surface area contributed by atoms with Crippen LogP contribution in [0.2, 0.25) is 0 Å². The zero-order valence-electron chi connectivity index (χ0n) is 8.66. The molecule has 15 heavy (non-hydrogen) atoms. The van der Waals surface area contributed by atoms with Crippen molar-refractivity contribution in [3.63, 3.8) is 0 Å². The van der Waals surface area contributed by atoms with Crippen LogP contribution in [0.3, 0.4) is 0 Å². The van der Waals surface area contributed by atoms with Crippen LogP contribution < -0.4 is 5.32 Å². The van der Waals surface area contributed by atoms with Gasteiger partial charge in [0.2, 0.25) is 0 Å². The number of anilines is 1. The van der Waals surface area contributed by atoms with E-state index < -0.39 is 0 Å². The van der Waals surface area contributed by atoms with Gasteiger partial charge in [0, 0.05) is 18.1 Å². The Balaban J connectivity index is 2.68. The Hall–Kier alpha value is -1.07. The number of alkyl halides is 1. The normalized spacial score (nSPS) is 9.80. The molecular formula is C10H13BrN2O2. The Morgan fingerprint density at radius 1 is 1.60 bits per heavy atom. The second kappa shape index (κ2) is 5.72. The fourth-order valence-electron chi connectivity index (χ4n) is 1.02. The highest BCUT2D eigenvalue weighted by atomic mass is 79.9. The van der Waals surface area contributed by atoms with Gasteiger partial charge in [0.05, 0.1) is 7.11 Å². The van der Waals surface area contributed by atoms with Crippen molar-refractivity contribution in [3.8, 4) is 0 Å². The Morgan fingerprint density at radius 3 is 2.93 bits per heavy atom. The summed E-state index contributed by atoms with van der Waals surface area (Å²) in [7, 11) is 2.98. The molecule has 1 rings (SSSR count). The molecular weight excluding hydrogens is 260 g/mol. The first-order valence-electron chi connectivity index (χ1n) is 4.41. The van der Waals surface area contributed by atoms with E-state index in [9.17, 15) is 4.79 Å². The average Bonchev–Trinajstić information content (AvgIpc) is 2.28. The lowest BCUT2D eigenvalue weighted by molar-refractivity contribution is -0.0598. The zero-order chi connectivity index (χ0) is 11.3. The molecule has 1 aromatic rings. The number of amides is 2. The van der Waals surface area contributed by atoms with E-state index in [1.165, 1.54) is 7.11 Å². The molecule has 0 fully saturated rings. The van der Waals surface area contributed by atoms with Crippen molar-refractivity contribution in [3.05, 3.63) is 29.8 Å². The lowest BCUT2D eigenvalue weighted by Gasteiger charge is -2.14. The van der Waals surface area contributed by atoms with Crippen LogP contribution in [0, 0.1) is 0 Å². The van der Waals surface area contributed by atoms with E-state index in [-0.39, 0.29) is 6.03 Å². The maximum absolute atomic E-state index is 11.4. The number of carbonyl (C=O) groups excluding carboxylic acids is 1. The van der Waals surface area contributed by atoms with E-state index in [0.29, 0.717) is 0 Å². The Labute approximate surface area is 97.3 Å². The molecule has 0 saturated carbocycles. The SMILES string of the molecule is CON(C)C(=O)Nc1cccc(CBr)c1. The van der Waals surface area contributed by atoms with Gasteiger partial charge in [0.25, 0.3) is 0 Å². The van der Waals surface area contributed by atoms with Crippen LogP contribution in [-0.4, -0.2) is 25.3 Å². The average molecular weight is 273 g/mol. The van der Waals surface area contributed by atoms with Crippen LogP contribution in [-0.2, 0) is 10.2 Å². The number of halogens is 1. The van der Waals surface area contributed by atoms with Gasteiger partial charge in [-0.1, -0.05) is 28.1 Å². The van der Waals surface area contributed by atoms with Gasteiger partial charge in [-0.15, -0.1) is 0 Å². The van der Waals surface area contributed by atoms with E-state index in [1.54, 1.807) is 7.05 Å². The number of urea groups is 1. The minimum atomic E-state index is -0.302. The second-order valence-electron chi connectivity index (χ2n) is 2.94. The topological polar surface area (TPSA) is 41.6 Å². The van der Waals surface area contributed by atoms with Gasteiger partial charge in [0.1, 0.15) is 0 Å². The van der Waals surface area contributed by atoms with Gasteiger partial charge in [-0.3, -0.25) is 4.84 Å². The minimum Gasteiger partial charge on any atom is -0.306 e. The first-order valence-corrected chi connectivity index (χ1v) is 5.53. The van der Waals surface area contributed by atoms with Crippen molar-refractivity contribution < 1.29 is 9.63 Å². The monoisotopic (exact) mass is 272 g/mol. The highest BCUT2D eigenvalue weighted by Crippen LogP contribution is 2.13. The summed E-state index contributed by atoms with van der Waals surface area (Å²) in [6, 6.07) is 7.29. The number of benzene rings is 1. The van der Waals surface area contributed by atoms with E-state index in [0.717, 1.165) is 21.6 Å². The lowest BCUT2D eigenvalue weighted by atomic mass is 10.2. The van der Waals surface area contributed by atoms with Crippen molar-refractivity contribution >= 4 is 27.6 Å². The molecule has 0 saturated heterocycles. The Kier molecular flexibility index (Phi) is 4.58. The van der Waals surface area contributed by atoms with Gasteiger partial charge >= 0.3 is 6.03 Å². The molecule has 0 bridgehead atoms. The van der Waals surface area contributed by atoms with E-state index in [2.05, 4.69) is 21.2 Å². The smallest absolute Gasteiger partial charge is 0.306 e. The number of nitrogens with zero attached hydrogens (tertiary/aromatic N) is 1. The van der Waals surface area contributed by atoms with Gasteiger partial charge in [0.15, 0.2) is 0 Å². The van der Waals surface area contributed by atoms with Crippen LogP contribution in [0.1, 0.15) is 5.56 Å². The Bertz CT molecular complexity index is 344. The number of nitrogens with one attached hydrogen (secondary N) is 1. The van der Waals surface area contributed by atoms with E-state index in [4.69, 9.17) is 4.84 Å². The maximum Gasteiger partial charge on any atom is 0.345 e. The number of rotatable bonds is 3. The van der Waals surface area contributed by atoms with Crippen molar-refractivity contribution in [1.29, 1.82) is 0 Å². The summed E-state index contributed by atoms with van der Waals surface area (Å²) >= 11 is 3.35. The molecule has 0 aliphatic rings. The molecule has 0 atom stereocenters. The molecule has 0 radical (unpaired) electrons. The molecule has 0 spiro atoms. The molecule has 1 N–H and O–H groups in total. The summed E-state index contributed by atoms with van der Waals surface area (Å²) in [6.45, 7) is 0. The first kappa shape index (κ1) is 12.0. The molecule has 0 unspecified atom stereocenters. The van der Waals surface area contributed by atoms with Gasteiger partial charge in [-0.2, -0.15) is 0 Å². The third-order valence-corrected chi connectivity index (χ3v) is 2.54. The molecule has 1 aromatic carbocycles. The summed E-state index contributed by atoms with van der Waals surface area (Å²) in [6.07, 6.45) is 0. The quantitative estimate of drug-likeness (QED) is 0.679. The fourth-order valence-corrected chi connectivity index (χ4v) is 1.37. The first-order chi connectivity index (χ1) is 7.17. The lowest BCUT2D eigenvalue weighted by Crippen LogP contribution is -2.30. The number of carbonyl (C=O) groups is 1. The molecule has 4 nitrogen and oxygen atoms in total. The molecule has 0 aliphatic carbocycles. The summed E-state index contributed by atoms with van der Waals surface area (Å²) in [5, 5.41) is 4.60. The molecule has 0 aliphatic heterocycles. The largest absolute Gasteiger partial charge is 0.345 e. The van der Waals surface area contributed by atoms with E-state index >= 15 is 0 Å². The van der Waals surface area contributed by atoms with Crippen molar-refractivity contribution in [2.45, 2.75) is 5.33 Å². The Morgan fingerprint density at radius 2 is 2.33 bits per heavy atom. The van der Waals surface area contributed by atoms with Crippen LogP contribution in [0.25, 0.3) is 0 Å². The van der Waals surface area contributed by atoms with Crippen LogP contribution in [0.4, 0.5) is 10.5 Å². The highest BCUT2D eigenvalue weighted by molar-refractivity contribution is 9.08. The van der Waals surface area contributed by atoms with Crippen molar-refractivity contribution in [2.75, 3.05) is 19.5 Å². The van der Waals surface area contributed by atoms with Gasteiger partial charge in [-0.25, -0.2) is 9.86 Å². The standard InChI is InChI=1S/C10H13BrN2O2/c1-13(15-2)10(14)12-9-5-3-4-8(6-9)7-11/h3-6H,7H2,1-2H3,(H,12,14). The maximum atomic E-state index is 11.4. The van der Waals surface area contributed by atoms with Crippen LogP contribution in [0.15, 0.2) is 24.3 Å². The van der Waals surface area contributed by atoms with Crippen molar-refractivity contribution in [1.82, 2.24) is 5.06 Å². The van der Waals surface area contributed by atoms with Crippen LogP contribution >= 0.6 is 15.9 Å². The molecule has 0 aromatic heterocycles. The van der Waals surface area contributed by atoms with E-state index in [1.807, 2.05) is 24.3 Å². The van der Waals surface area contributed by atoms with Crippen molar-refractivity contribution in [2.24, 2.45) is 0 Å². The predicted octanol–water partition coefficient (Wildman–Crippen LogP) is 2.61. The summed E-state index contributed by atoms with van der Waals surface area (Å²) in [5.74, 6) is 0. The predicted molar refractivity (Wildman–Crippen MR) is 62.9 cm³/mol. The minimum absolute atomic E-state index is 0.302. The van der Waals surface area contributed by atoms with Gasteiger partial charge in [-0.05, 0) is 17.7 Å². The van der Waals surface area contributed by atoms with Gasteiger partial charge < -0.3 is 5.32 Å². The molecule has 82 valence electrons. The summed E-state index contributed by atoms with van der Waals surface area (Å²) in [4.78, 5) is 16.2. The number of hydroxylamine groups is 2. The summed E-state index contributed by atoms with van der Waals surface area (Å²) < 4.78 is 0. The molecule has 5 heteroatoms. The number of hydrogen-bond acceptors (Lipinski definition) is 2. The third-order valence-electron chi connectivity index (χ3n) is 1.89. The fraction of sp³-hybridized carbons (Fsp3) is 0.300. The highest BCUT2D eigenvalue weighted by Gasteiger charge is 2.07.